The van der Waals surface area contributed by atoms with E-state index in [1.807, 2.05) is 6.92 Å². The smallest absolute Gasteiger partial charge is 0.222 e. The third-order valence-electron chi connectivity index (χ3n) is 2.37. The number of nitrogens with zero attached hydrogens (tertiary/aromatic N) is 1. The minimum Gasteiger partial charge on any atom is -0.438 e. The predicted molar refractivity (Wildman–Crippen MR) is 69.1 cm³/mol. The average molecular weight is 312 g/mol. The summed E-state index contributed by atoms with van der Waals surface area (Å²) < 4.78 is 19.0. The molecule has 1 aromatic heterocycles. The van der Waals surface area contributed by atoms with Gasteiger partial charge in [-0.2, -0.15) is 0 Å². The van der Waals surface area contributed by atoms with Gasteiger partial charge in [-0.15, -0.1) is 0 Å². The van der Waals surface area contributed by atoms with E-state index in [0.717, 1.165) is 11.1 Å². The number of hydrogen-bond acceptors (Lipinski definition) is 3. The van der Waals surface area contributed by atoms with Crippen molar-refractivity contribution in [3.63, 3.8) is 0 Å². The maximum atomic E-state index is 12.9. The lowest BCUT2D eigenvalue weighted by atomic mass is 10.2. The molecule has 0 aliphatic carbocycles. The van der Waals surface area contributed by atoms with Gasteiger partial charge >= 0.3 is 0 Å². The van der Waals surface area contributed by atoms with E-state index in [0.29, 0.717) is 16.1 Å². The molecule has 0 amide bonds. The van der Waals surface area contributed by atoms with E-state index in [2.05, 4.69) is 20.9 Å². The summed E-state index contributed by atoms with van der Waals surface area (Å²) in [7, 11) is 0. The first-order valence-electron chi connectivity index (χ1n) is 5.29. The predicted octanol–water partition coefficient (Wildman–Crippen LogP) is 3.58. The van der Waals surface area contributed by atoms with Crippen LogP contribution in [-0.4, -0.2) is 10.1 Å². The van der Waals surface area contributed by atoms with E-state index in [1.54, 1.807) is 12.3 Å². The van der Waals surface area contributed by atoms with Gasteiger partial charge in [0.2, 0.25) is 5.88 Å². The van der Waals surface area contributed by atoms with Gasteiger partial charge in [0, 0.05) is 11.8 Å². The summed E-state index contributed by atoms with van der Waals surface area (Å²) in [5, 5.41) is 8.99. The summed E-state index contributed by atoms with van der Waals surface area (Å²) in [6.07, 6.45) is 1.54. The quantitative estimate of drug-likeness (QED) is 0.942. The molecule has 0 spiro atoms. The Morgan fingerprint density at radius 3 is 2.78 bits per heavy atom. The van der Waals surface area contributed by atoms with Gasteiger partial charge in [-0.3, -0.25) is 0 Å². The van der Waals surface area contributed by atoms with Crippen molar-refractivity contribution in [2.45, 2.75) is 13.5 Å². The fourth-order valence-electron chi connectivity index (χ4n) is 1.48. The maximum Gasteiger partial charge on any atom is 0.222 e. The highest BCUT2D eigenvalue weighted by atomic mass is 79.9. The minimum atomic E-state index is -0.338. The first-order chi connectivity index (χ1) is 8.60. The molecule has 0 unspecified atom stereocenters. The van der Waals surface area contributed by atoms with Gasteiger partial charge in [0.15, 0.2) is 0 Å². The number of pyridine rings is 1. The van der Waals surface area contributed by atoms with Crippen molar-refractivity contribution in [1.29, 1.82) is 0 Å². The van der Waals surface area contributed by atoms with Gasteiger partial charge < -0.3 is 9.84 Å². The Bertz CT molecular complexity index is 575. The van der Waals surface area contributed by atoms with Crippen molar-refractivity contribution >= 4 is 15.9 Å². The number of benzene rings is 1. The lowest BCUT2D eigenvalue weighted by Gasteiger charge is -2.09. The molecule has 5 heteroatoms. The summed E-state index contributed by atoms with van der Waals surface area (Å²) >= 11 is 3.22. The Kier molecular flexibility index (Phi) is 3.93. The zero-order valence-corrected chi connectivity index (χ0v) is 11.2. The lowest BCUT2D eigenvalue weighted by Crippen LogP contribution is -1.95. The van der Waals surface area contributed by atoms with E-state index >= 15 is 0 Å². The Labute approximate surface area is 112 Å². The molecule has 0 saturated carbocycles. The number of aliphatic hydroxyl groups is 1. The highest BCUT2D eigenvalue weighted by molar-refractivity contribution is 9.10. The fraction of sp³-hybridized carbons (Fsp3) is 0.154. The van der Waals surface area contributed by atoms with Crippen molar-refractivity contribution < 1.29 is 14.2 Å². The topological polar surface area (TPSA) is 42.4 Å². The number of rotatable bonds is 3. The SMILES string of the molecule is Cc1cc(CO)cnc1Oc1ccc(F)cc1Br. The van der Waals surface area contributed by atoms with Crippen molar-refractivity contribution in [2.75, 3.05) is 0 Å². The van der Waals surface area contributed by atoms with E-state index in [1.165, 1.54) is 18.2 Å². The Morgan fingerprint density at radius 2 is 2.17 bits per heavy atom. The Balaban J connectivity index is 2.28. The fourth-order valence-corrected chi connectivity index (χ4v) is 1.91. The first-order valence-corrected chi connectivity index (χ1v) is 6.08. The highest BCUT2D eigenvalue weighted by Crippen LogP contribution is 2.30. The van der Waals surface area contributed by atoms with Crippen LogP contribution in [0.15, 0.2) is 34.9 Å². The molecular formula is C13H11BrFNO2. The van der Waals surface area contributed by atoms with Crippen molar-refractivity contribution in [2.24, 2.45) is 0 Å². The number of aliphatic hydroxyl groups excluding tert-OH is 1. The second-order valence-corrected chi connectivity index (χ2v) is 4.65. The van der Waals surface area contributed by atoms with Crippen LogP contribution >= 0.6 is 15.9 Å². The van der Waals surface area contributed by atoms with Crippen molar-refractivity contribution in [1.82, 2.24) is 4.98 Å². The third-order valence-corrected chi connectivity index (χ3v) is 2.99. The molecule has 1 N–H and O–H groups in total. The van der Waals surface area contributed by atoms with E-state index in [9.17, 15) is 4.39 Å². The van der Waals surface area contributed by atoms with Crippen molar-refractivity contribution in [3.05, 3.63) is 51.9 Å². The van der Waals surface area contributed by atoms with Crippen LogP contribution in [0.25, 0.3) is 0 Å². The minimum absolute atomic E-state index is 0.0611. The number of halogens is 2. The number of ether oxygens (including phenoxy) is 1. The van der Waals surface area contributed by atoms with Gasteiger partial charge in [-0.1, -0.05) is 0 Å². The molecule has 3 nitrogen and oxygen atoms in total. The van der Waals surface area contributed by atoms with Crippen LogP contribution in [0.3, 0.4) is 0 Å². The van der Waals surface area contributed by atoms with Crippen LogP contribution < -0.4 is 4.74 Å². The van der Waals surface area contributed by atoms with E-state index in [4.69, 9.17) is 9.84 Å². The summed E-state index contributed by atoms with van der Waals surface area (Å²) in [6, 6.07) is 5.96. The standard InChI is InChI=1S/C13H11BrFNO2/c1-8-4-9(7-17)6-16-13(8)18-12-3-2-10(15)5-11(12)14/h2-6,17H,7H2,1H3. The summed E-state index contributed by atoms with van der Waals surface area (Å²) in [5.74, 6) is 0.581. The molecule has 0 fully saturated rings. The van der Waals surface area contributed by atoms with Crippen LogP contribution in [0.4, 0.5) is 4.39 Å². The first kappa shape index (κ1) is 13.0. The molecule has 0 saturated heterocycles. The second-order valence-electron chi connectivity index (χ2n) is 3.80. The van der Waals surface area contributed by atoms with Gasteiger partial charge in [-0.05, 0) is 52.7 Å². The van der Waals surface area contributed by atoms with Crippen LogP contribution in [-0.2, 0) is 6.61 Å². The molecule has 0 bridgehead atoms. The molecule has 94 valence electrons. The van der Waals surface area contributed by atoms with Crippen LogP contribution in [0, 0.1) is 12.7 Å². The van der Waals surface area contributed by atoms with Crippen LogP contribution in [0.1, 0.15) is 11.1 Å². The monoisotopic (exact) mass is 311 g/mol. The molecule has 0 atom stereocenters. The summed E-state index contributed by atoms with van der Waals surface area (Å²) in [5.41, 5.74) is 1.52. The number of aromatic nitrogens is 1. The normalized spacial score (nSPS) is 10.4. The average Bonchev–Trinajstić information content (AvgIpc) is 2.34. The molecule has 2 aromatic rings. The van der Waals surface area contributed by atoms with Crippen LogP contribution in [0.2, 0.25) is 0 Å². The lowest BCUT2D eigenvalue weighted by molar-refractivity contribution is 0.281. The Hall–Kier alpha value is -1.46. The summed E-state index contributed by atoms with van der Waals surface area (Å²) in [4.78, 5) is 4.11. The molecular weight excluding hydrogens is 301 g/mol. The zero-order valence-electron chi connectivity index (χ0n) is 9.65. The van der Waals surface area contributed by atoms with Gasteiger partial charge in [0.05, 0.1) is 11.1 Å². The van der Waals surface area contributed by atoms with E-state index in [-0.39, 0.29) is 12.4 Å². The number of hydrogen-bond donors (Lipinski definition) is 1. The molecule has 1 heterocycles. The Morgan fingerprint density at radius 1 is 1.39 bits per heavy atom. The molecule has 1 aromatic carbocycles. The second kappa shape index (κ2) is 5.46. The number of aryl methyl sites for hydroxylation is 1. The van der Waals surface area contributed by atoms with Crippen molar-refractivity contribution in [3.8, 4) is 11.6 Å². The van der Waals surface area contributed by atoms with E-state index < -0.39 is 0 Å². The maximum absolute atomic E-state index is 12.9. The largest absolute Gasteiger partial charge is 0.438 e. The van der Waals surface area contributed by atoms with Gasteiger partial charge in [0.25, 0.3) is 0 Å². The molecule has 0 radical (unpaired) electrons. The third kappa shape index (κ3) is 2.86. The molecule has 18 heavy (non-hydrogen) atoms. The molecule has 0 aliphatic heterocycles. The molecule has 0 aliphatic rings. The van der Waals surface area contributed by atoms with Gasteiger partial charge in [0.1, 0.15) is 11.6 Å². The molecule has 2 rings (SSSR count). The van der Waals surface area contributed by atoms with Crippen LogP contribution in [0.5, 0.6) is 11.6 Å². The highest BCUT2D eigenvalue weighted by Gasteiger charge is 2.08. The zero-order chi connectivity index (χ0) is 13.1. The summed E-state index contributed by atoms with van der Waals surface area (Å²) in [6.45, 7) is 1.77. The van der Waals surface area contributed by atoms with Gasteiger partial charge in [-0.25, -0.2) is 9.37 Å².